The van der Waals surface area contributed by atoms with E-state index >= 15 is 0 Å². The van der Waals surface area contributed by atoms with Crippen LogP contribution in [-0.2, 0) is 4.79 Å². The highest BCUT2D eigenvalue weighted by Gasteiger charge is 2.43. The quantitative estimate of drug-likeness (QED) is 0.719. The highest BCUT2D eigenvalue weighted by molar-refractivity contribution is 7.80. The predicted octanol–water partition coefficient (Wildman–Crippen LogP) is 1.06. The molecule has 1 aromatic carbocycles. The van der Waals surface area contributed by atoms with Crippen LogP contribution >= 0.6 is 12.2 Å². The Labute approximate surface area is 116 Å². The van der Waals surface area contributed by atoms with Crippen molar-refractivity contribution >= 4 is 34.6 Å². The van der Waals surface area contributed by atoms with Crippen molar-refractivity contribution in [3.05, 3.63) is 23.8 Å². The Kier molecular flexibility index (Phi) is 2.56. The molecule has 6 heteroatoms. The van der Waals surface area contributed by atoms with E-state index in [4.69, 9.17) is 17.0 Å². The van der Waals surface area contributed by atoms with E-state index in [1.54, 1.807) is 14.2 Å². The second-order valence-electron chi connectivity index (χ2n) is 4.57. The summed E-state index contributed by atoms with van der Waals surface area (Å²) in [6.45, 7) is 0. The van der Waals surface area contributed by atoms with Crippen molar-refractivity contribution < 1.29 is 9.53 Å². The standard InChI is InChI=1S/C13H13N3O2S/c1-15-9-5-4-7(18-3)6-8(9)10-11(15)12(17)16(2)13(19)14-10/h4-6,11H,1-3H3. The van der Waals surface area contributed by atoms with E-state index < -0.39 is 0 Å². The third-order valence-electron chi connectivity index (χ3n) is 3.57. The molecule has 19 heavy (non-hydrogen) atoms. The van der Waals surface area contributed by atoms with Crippen LogP contribution in [0.4, 0.5) is 5.69 Å². The molecular formula is C13H13N3O2S. The number of methoxy groups -OCH3 is 1. The number of hydrogen-bond acceptors (Lipinski definition) is 4. The third-order valence-corrected chi connectivity index (χ3v) is 3.94. The van der Waals surface area contributed by atoms with Crippen LogP contribution < -0.4 is 9.64 Å². The van der Waals surface area contributed by atoms with Gasteiger partial charge in [-0.05, 0) is 30.4 Å². The summed E-state index contributed by atoms with van der Waals surface area (Å²) < 4.78 is 5.23. The van der Waals surface area contributed by atoms with Crippen molar-refractivity contribution in [2.24, 2.45) is 4.99 Å². The Bertz CT molecular complexity index is 626. The van der Waals surface area contributed by atoms with Gasteiger partial charge in [0.2, 0.25) is 5.11 Å². The number of amides is 1. The minimum Gasteiger partial charge on any atom is -0.497 e. The second-order valence-corrected chi connectivity index (χ2v) is 4.94. The zero-order chi connectivity index (χ0) is 13.7. The lowest BCUT2D eigenvalue weighted by Gasteiger charge is -2.29. The van der Waals surface area contributed by atoms with Gasteiger partial charge >= 0.3 is 0 Å². The summed E-state index contributed by atoms with van der Waals surface area (Å²) in [7, 11) is 5.16. The fourth-order valence-electron chi connectivity index (χ4n) is 2.48. The molecule has 0 radical (unpaired) electrons. The molecule has 0 saturated carbocycles. The van der Waals surface area contributed by atoms with Crippen LogP contribution in [0.15, 0.2) is 23.2 Å². The van der Waals surface area contributed by atoms with E-state index in [-0.39, 0.29) is 11.9 Å². The lowest BCUT2D eigenvalue weighted by atomic mass is 10.0. The molecule has 3 rings (SSSR count). The van der Waals surface area contributed by atoms with Gasteiger partial charge in [0.05, 0.1) is 12.8 Å². The number of hydrogen-bond donors (Lipinski definition) is 0. The normalized spacial score (nSPS) is 21.2. The number of ether oxygens (including phenoxy) is 1. The van der Waals surface area contributed by atoms with Crippen molar-refractivity contribution in [3.8, 4) is 5.75 Å². The van der Waals surface area contributed by atoms with Crippen LogP contribution in [0.3, 0.4) is 0 Å². The molecule has 2 aliphatic rings. The average molecular weight is 275 g/mol. The maximum atomic E-state index is 12.3. The molecule has 1 atom stereocenters. The summed E-state index contributed by atoms with van der Waals surface area (Å²) in [5.41, 5.74) is 2.59. The number of benzene rings is 1. The van der Waals surface area contributed by atoms with Crippen molar-refractivity contribution in [2.45, 2.75) is 6.04 Å². The Morgan fingerprint density at radius 3 is 2.79 bits per heavy atom. The van der Waals surface area contributed by atoms with Gasteiger partial charge in [-0.25, -0.2) is 4.99 Å². The molecule has 1 amide bonds. The number of carbonyl (C=O) groups excluding carboxylic acids is 1. The maximum absolute atomic E-state index is 12.3. The van der Waals surface area contributed by atoms with Gasteiger partial charge in [0.15, 0.2) is 6.04 Å². The second kappa shape index (κ2) is 4.03. The molecule has 1 aromatic rings. The Morgan fingerprint density at radius 2 is 2.11 bits per heavy atom. The minimum atomic E-state index is -0.390. The summed E-state index contributed by atoms with van der Waals surface area (Å²) in [5.74, 6) is 0.695. The third kappa shape index (κ3) is 1.56. The van der Waals surface area contributed by atoms with E-state index in [1.807, 2.05) is 30.1 Å². The van der Waals surface area contributed by atoms with Crippen LogP contribution in [0.1, 0.15) is 5.56 Å². The molecule has 0 fully saturated rings. The molecule has 0 spiro atoms. The molecule has 2 aliphatic heterocycles. The summed E-state index contributed by atoms with van der Waals surface area (Å²) in [6.07, 6.45) is 0. The smallest absolute Gasteiger partial charge is 0.257 e. The van der Waals surface area contributed by atoms with Gasteiger partial charge < -0.3 is 9.64 Å². The molecular weight excluding hydrogens is 262 g/mol. The molecule has 2 heterocycles. The zero-order valence-corrected chi connectivity index (χ0v) is 11.7. The van der Waals surface area contributed by atoms with E-state index in [9.17, 15) is 4.79 Å². The van der Waals surface area contributed by atoms with Crippen LogP contribution in [-0.4, -0.2) is 48.9 Å². The molecule has 0 aliphatic carbocycles. The Hall–Kier alpha value is -1.95. The lowest BCUT2D eigenvalue weighted by Crippen LogP contribution is -2.52. The van der Waals surface area contributed by atoms with Crippen molar-refractivity contribution in [1.82, 2.24) is 4.90 Å². The average Bonchev–Trinajstić information content (AvgIpc) is 2.69. The zero-order valence-electron chi connectivity index (χ0n) is 10.9. The number of carbonyl (C=O) groups is 1. The SMILES string of the molecule is COc1ccc2c(c1)C1=NC(=S)N(C)C(=O)C1N2C. The first-order valence-corrected chi connectivity index (χ1v) is 6.26. The van der Waals surface area contributed by atoms with Gasteiger partial charge in [-0.15, -0.1) is 0 Å². The Morgan fingerprint density at radius 1 is 1.37 bits per heavy atom. The number of aliphatic imine (C=N–C) groups is 1. The first kappa shape index (κ1) is 12.1. The number of thiocarbonyl (C=S) groups is 1. The molecule has 0 aromatic heterocycles. The molecule has 0 saturated heterocycles. The largest absolute Gasteiger partial charge is 0.497 e. The van der Waals surface area contributed by atoms with E-state index in [2.05, 4.69) is 4.99 Å². The highest BCUT2D eigenvalue weighted by atomic mass is 32.1. The summed E-state index contributed by atoms with van der Waals surface area (Å²) in [6, 6.07) is 5.32. The highest BCUT2D eigenvalue weighted by Crippen LogP contribution is 2.36. The van der Waals surface area contributed by atoms with E-state index in [0.717, 1.165) is 17.0 Å². The van der Waals surface area contributed by atoms with Crippen molar-refractivity contribution in [2.75, 3.05) is 26.1 Å². The first-order chi connectivity index (χ1) is 9.04. The fraction of sp³-hybridized carbons (Fsp3) is 0.308. The molecule has 1 unspecified atom stereocenters. The van der Waals surface area contributed by atoms with Gasteiger partial charge in [0.25, 0.3) is 5.91 Å². The predicted molar refractivity (Wildman–Crippen MR) is 77.1 cm³/mol. The van der Waals surface area contributed by atoms with E-state index in [1.165, 1.54) is 4.90 Å². The van der Waals surface area contributed by atoms with Crippen LogP contribution in [0.5, 0.6) is 5.75 Å². The molecule has 0 bridgehead atoms. The van der Waals surface area contributed by atoms with Gasteiger partial charge in [0, 0.05) is 25.3 Å². The van der Waals surface area contributed by atoms with E-state index in [0.29, 0.717) is 10.8 Å². The fourth-order valence-corrected chi connectivity index (χ4v) is 2.67. The summed E-state index contributed by atoms with van der Waals surface area (Å²) >= 11 is 5.13. The number of rotatable bonds is 1. The van der Waals surface area contributed by atoms with Crippen LogP contribution in [0.2, 0.25) is 0 Å². The monoisotopic (exact) mass is 275 g/mol. The summed E-state index contributed by atoms with van der Waals surface area (Å²) in [4.78, 5) is 20.1. The van der Waals surface area contributed by atoms with Crippen molar-refractivity contribution in [3.63, 3.8) is 0 Å². The molecule has 0 N–H and O–H groups in total. The topological polar surface area (TPSA) is 45.1 Å². The van der Waals surface area contributed by atoms with Crippen molar-refractivity contribution in [1.29, 1.82) is 0 Å². The lowest BCUT2D eigenvalue weighted by molar-refractivity contribution is -0.126. The number of nitrogens with zero attached hydrogens (tertiary/aromatic N) is 3. The number of likely N-dealkylation sites (N-methyl/N-ethyl adjacent to an activating group) is 2. The Balaban J connectivity index is 2.19. The molecule has 5 nitrogen and oxygen atoms in total. The van der Waals surface area contributed by atoms with Gasteiger partial charge in [-0.1, -0.05) is 0 Å². The van der Waals surface area contributed by atoms with Crippen LogP contribution in [0.25, 0.3) is 0 Å². The minimum absolute atomic E-state index is 0.0485. The van der Waals surface area contributed by atoms with Gasteiger partial charge in [-0.2, -0.15) is 0 Å². The van der Waals surface area contributed by atoms with Gasteiger partial charge in [0.1, 0.15) is 5.75 Å². The number of fused-ring (bicyclic) bond motifs is 3. The first-order valence-electron chi connectivity index (χ1n) is 5.86. The maximum Gasteiger partial charge on any atom is 0.257 e. The number of anilines is 1. The summed E-state index contributed by atoms with van der Waals surface area (Å²) in [5, 5.41) is 0.306. The van der Waals surface area contributed by atoms with Crippen LogP contribution in [0, 0.1) is 0 Å². The van der Waals surface area contributed by atoms with Gasteiger partial charge in [-0.3, -0.25) is 9.69 Å². The molecule has 98 valence electrons.